The lowest BCUT2D eigenvalue weighted by Crippen LogP contribution is -2.49. The van der Waals surface area contributed by atoms with Crippen molar-refractivity contribution in [2.45, 2.75) is 51.7 Å². The van der Waals surface area contributed by atoms with Gasteiger partial charge < -0.3 is 15.3 Å². The molecule has 1 aliphatic rings. The zero-order chi connectivity index (χ0) is 13.1. The normalized spacial score (nSPS) is 33.7. The molecule has 0 heterocycles. The first-order valence-electron chi connectivity index (χ1n) is 6.89. The number of aliphatic hydroxyl groups is 1. The van der Waals surface area contributed by atoms with Gasteiger partial charge in [-0.3, -0.25) is 0 Å². The van der Waals surface area contributed by atoms with E-state index < -0.39 is 5.60 Å². The Morgan fingerprint density at radius 3 is 2.18 bits per heavy atom. The molecular weight excluding hydrogens is 212 g/mol. The van der Waals surface area contributed by atoms with E-state index in [0.717, 1.165) is 11.8 Å². The van der Waals surface area contributed by atoms with Gasteiger partial charge in [-0.1, -0.05) is 13.8 Å². The van der Waals surface area contributed by atoms with Gasteiger partial charge in [-0.2, -0.15) is 0 Å². The second-order valence-electron chi connectivity index (χ2n) is 6.73. The smallest absolute Gasteiger partial charge is 0.0869 e. The third-order valence-corrected chi connectivity index (χ3v) is 3.61. The van der Waals surface area contributed by atoms with Gasteiger partial charge in [0, 0.05) is 19.1 Å². The van der Waals surface area contributed by atoms with Gasteiger partial charge in [0.15, 0.2) is 0 Å². The summed E-state index contributed by atoms with van der Waals surface area (Å²) in [5.41, 5.74) is -0.632. The Labute approximate surface area is 107 Å². The molecule has 2 N–H and O–H groups in total. The molecule has 0 aromatic heterocycles. The van der Waals surface area contributed by atoms with Crippen LogP contribution in [0.2, 0.25) is 0 Å². The minimum absolute atomic E-state index is 0.586. The maximum atomic E-state index is 10.2. The van der Waals surface area contributed by atoms with E-state index in [1.54, 1.807) is 0 Å². The topological polar surface area (TPSA) is 35.5 Å². The molecule has 3 heteroatoms. The molecule has 1 fully saturated rings. The molecule has 1 aliphatic carbocycles. The molecule has 3 nitrogen and oxygen atoms in total. The van der Waals surface area contributed by atoms with Gasteiger partial charge in [-0.05, 0) is 52.1 Å². The van der Waals surface area contributed by atoms with Gasteiger partial charge >= 0.3 is 0 Å². The van der Waals surface area contributed by atoms with Crippen LogP contribution in [0.25, 0.3) is 0 Å². The summed E-state index contributed by atoms with van der Waals surface area (Å²) in [5, 5.41) is 13.8. The summed E-state index contributed by atoms with van der Waals surface area (Å²) in [4.78, 5) is 2.04. The van der Waals surface area contributed by atoms with Crippen molar-refractivity contribution in [3.63, 3.8) is 0 Å². The summed E-state index contributed by atoms with van der Waals surface area (Å²) >= 11 is 0. The van der Waals surface area contributed by atoms with Crippen molar-refractivity contribution >= 4 is 0 Å². The monoisotopic (exact) mass is 242 g/mol. The number of rotatable bonds is 5. The van der Waals surface area contributed by atoms with E-state index in [2.05, 4.69) is 19.2 Å². The SMILES string of the molecule is CC1CC(C)CC(NCC(C)(O)CN(C)C)C1. The minimum Gasteiger partial charge on any atom is -0.388 e. The summed E-state index contributed by atoms with van der Waals surface area (Å²) in [5.74, 6) is 1.63. The Morgan fingerprint density at radius 1 is 1.18 bits per heavy atom. The second kappa shape index (κ2) is 6.17. The third kappa shape index (κ3) is 5.84. The maximum absolute atomic E-state index is 10.2. The molecule has 102 valence electrons. The number of likely N-dealkylation sites (N-methyl/N-ethyl adjacent to an activating group) is 1. The maximum Gasteiger partial charge on any atom is 0.0869 e. The Bertz CT molecular complexity index is 218. The van der Waals surface area contributed by atoms with Crippen molar-refractivity contribution in [1.82, 2.24) is 10.2 Å². The van der Waals surface area contributed by atoms with Crippen molar-refractivity contribution < 1.29 is 5.11 Å². The Kier molecular flexibility index (Phi) is 5.42. The highest BCUT2D eigenvalue weighted by Gasteiger charge is 2.27. The van der Waals surface area contributed by atoms with Gasteiger partial charge in [-0.15, -0.1) is 0 Å². The molecule has 17 heavy (non-hydrogen) atoms. The minimum atomic E-state index is -0.632. The average Bonchev–Trinajstić information content (AvgIpc) is 2.11. The van der Waals surface area contributed by atoms with E-state index >= 15 is 0 Å². The highest BCUT2D eigenvalue weighted by molar-refractivity contribution is 4.84. The molecular formula is C14H30N2O. The second-order valence-corrected chi connectivity index (χ2v) is 6.73. The zero-order valence-electron chi connectivity index (χ0n) is 12.2. The summed E-state index contributed by atoms with van der Waals surface area (Å²) < 4.78 is 0. The predicted octanol–water partition coefficient (Wildman–Crippen LogP) is 1.71. The molecule has 0 bridgehead atoms. The van der Waals surface area contributed by atoms with Crippen LogP contribution in [-0.2, 0) is 0 Å². The van der Waals surface area contributed by atoms with Crippen LogP contribution >= 0.6 is 0 Å². The predicted molar refractivity (Wildman–Crippen MR) is 73.1 cm³/mol. The molecule has 0 radical (unpaired) electrons. The lowest BCUT2D eigenvalue weighted by atomic mass is 9.80. The summed E-state index contributed by atoms with van der Waals surface area (Å²) in [6.07, 6.45) is 3.86. The van der Waals surface area contributed by atoms with Gasteiger partial charge in [-0.25, -0.2) is 0 Å². The number of hydrogen-bond acceptors (Lipinski definition) is 3. The van der Waals surface area contributed by atoms with Gasteiger partial charge in [0.2, 0.25) is 0 Å². The first kappa shape index (κ1) is 14.9. The van der Waals surface area contributed by atoms with E-state index in [-0.39, 0.29) is 0 Å². The lowest BCUT2D eigenvalue weighted by Gasteiger charge is -2.35. The third-order valence-electron chi connectivity index (χ3n) is 3.61. The highest BCUT2D eigenvalue weighted by Crippen LogP contribution is 2.28. The fourth-order valence-corrected chi connectivity index (χ4v) is 3.22. The van der Waals surface area contributed by atoms with Gasteiger partial charge in [0.1, 0.15) is 0 Å². The first-order chi connectivity index (χ1) is 7.78. The van der Waals surface area contributed by atoms with E-state index in [9.17, 15) is 5.11 Å². The van der Waals surface area contributed by atoms with Crippen LogP contribution in [0.1, 0.15) is 40.0 Å². The number of nitrogens with zero attached hydrogens (tertiary/aromatic N) is 1. The standard InChI is InChI=1S/C14H30N2O/c1-11-6-12(2)8-13(7-11)15-9-14(3,17)10-16(4)5/h11-13,15,17H,6-10H2,1-5H3. The Balaban J connectivity index is 2.34. The number of hydrogen-bond donors (Lipinski definition) is 2. The average molecular weight is 242 g/mol. The Hall–Kier alpha value is -0.120. The van der Waals surface area contributed by atoms with Crippen LogP contribution in [0.3, 0.4) is 0 Å². The summed E-state index contributed by atoms with van der Waals surface area (Å²) in [7, 11) is 4.00. The fraction of sp³-hybridized carbons (Fsp3) is 1.00. The van der Waals surface area contributed by atoms with E-state index in [0.29, 0.717) is 19.1 Å². The molecule has 1 rings (SSSR count). The van der Waals surface area contributed by atoms with Gasteiger partial charge in [0.25, 0.3) is 0 Å². The van der Waals surface area contributed by atoms with Crippen molar-refractivity contribution in [3.8, 4) is 0 Å². The molecule has 0 spiro atoms. The summed E-state index contributed by atoms with van der Waals surface area (Å²) in [6.45, 7) is 7.98. The van der Waals surface area contributed by atoms with Crippen LogP contribution in [-0.4, -0.2) is 48.8 Å². The van der Waals surface area contributed by atoms with E-state index in [4.69, 9.17) is 0 Å². The van der Waals surface area contributed by atoms with Crippen LogP contribution in [0, 0.1) is 11.8 Å². The van der Waals surface area contributed by atoms with Crippen molar-refractivity contribution in [2.75, 3.05) is 27.2 Å². The molecule has 3 atom stereocenters. The molecule has 0 saturated heterocycles. The van der Waals surface area contributed by atoms with Gasteiger partial charge in [0.05, 0.1) is 5.60 Å². The molecule has 1 saturated carbocycles. The van der Waals surface area contributed by atoms with E-state index in [1.165, 1.54) is 19.3 Å². The number of nitrogens with one attached hydrogen (secondary N) is 1. The lowest BCUT2D eigenvalue weighted by molar-refractivity contribution is 0.0284. The van der Waals surface area contributed by atoms with Crippen LogP contribution in [0.4, 0.5) is 0 Å². The van der Waals surface area contributed by atoms with E-state index in [1.807, 2.05) is 25.9 Å². The van der Waals surface area contributed by atoms with Crippen molar-refractivity contribution in [2.24, 2.45) is 11.8 Å². The highest BCUT2D eigenvalue weighted by atomic mass is 16.3. The quantitative estimate of drug-likeness (QED) is 0.770. The molecule has 0 aromatic carbocycles. The first-order valence-corrected chi connectivity index (χ1v) is 6.89. The largest absolute Gasteiger partial charge is 0.388 e. The molecule has 0 amide bonds. The molecule has 0 aromatic rings. The van der Waals surface area contributed by atoms with Crippen molar-refractivity contribution in [1.29, 1.82) is 0 Å². The zero-order valence-corrected chi connectivity index (χ0v) is 12.2. The molecule has 3 unspecified atom stereocenters. The molecule has 0 aliphatic heterocycles. The van der Waals surface area contributed by atoms with Crippen LogP contribution < -0.4 is 5.32 Å². The fourth-order valence-electron chi connectivity index (χ4n) is 3.22. The Morgan fingerprint density at radius 2 is 1.71 bits per heavy atom. The van der Waals surface area contributed by atoms with Crippen LogP contribution in [0.5, 0.6) is 0 Å². The van der Waals surface area contributed by atoms with Crippen molar-refractivity contribution in [3.05, 3.63) is 0 Å². The van der Waals surface area contributed by atoms with Crippen LogP contribution in [0.15, 0.2) is 0 Å². The summed E-state index contributed by atoms with van der Waals surface area (Å²) in [6, 6.07) is 0.586.